The normalized spacial score (nSPS) is 18.7. The highest BCUT2D eigenvalue weighted by molar-refractivity contribution is 5.90. The molecule has 1 fully saturated rings. The number of amides is 2. The predicted octanol–water partition coefficient (Wildman–Crippen LogP) is 4.17. The van der Waals surface area contributed by atoms with Crippen LogP contribution in [-0.4, -0.2) is 22.5 Å². The van der Waals surface area contributed by atoms with E-state index in [1.807, 2.05) is 19.9 Å². The Labute approximate surface area is 155 Å². The van der Waals surface area contributed by atoms with E-state index < -0.39 is 17.8 Å². The van der Waals surface area contributed by atoms with Crippen LogP contribution in [-0.2, 0) is 12.7 Å². The third-order valence-corrected chi connectivity index (χ3v) is 4.70. The summed E-state index contributed by atoms with van der Waals surface area (Å²) in [5.74, 6) is 0. The van der Waals surface area contributed by atoms with Crippen molar-refractivity contribution in [3.05, 3.63) is 59.4 Å². The van der Waals surface area contributed by atoms with Crippen molar-refractivity contribution in [1.82, 2.24) is 9.88 Å². The molecule has 1 atom stereocenters. The number of carbonyl (C=O) groups excluding carboxylic acids is 1. The van der Waals surface area contributed by atoms with Gasteiger partial charge in [-0.15, -0.1) is 0 Å². The van der Waals surface area contributed by atoms with Crippen molar-refractivity contribution in [1.29, 1.82) is 0 Å². The van der Waals surface area contributed by atoms with Crippen LogP contribution >= 0.6 is 0 Å². The van der Waals surface area contributed by atoms with Gasteiger partial charge in [0.05, 0.1) is 11.6 Å². The molecule has 27 heavy (non-hydrogen) atoms. The van der Waals surface area contributed by atoms with Gasteiger partial charge in [-0.3, -0.25) is 4.98 Å². The molecule has 3 rings (SSSR count). The molecule has 0 aliphatic carbocycles. The average molecular weight is 378 g/mol. The molecule has 0 saturated carbocycles. The highest BCUT2D eigenvalue weighted by Gasteiger charge is 2.49. The molecular weight excluding hydrogens is 357 g/mol. The monoisotopic (exact) mass is 378 g/mol. The molecule has 144 valence electrons. The summed E-state index contributed by atoms with van der Waals surface area (Å²) in [6.07, 6.45) is -1.17. The number of carbonyl (C=O) groups is 1. The van der Waals surface area contributed by atoms with Crippen LogP contribution in [0, 0.1) is 5.41 Å². The van der Waals surface area contributed by atoms with E-state index >= 15 is 0 Å². The number of aromatic nitrogens is 1. The summed E-state index contributed by atoms with van der Waals surface area (Å²) in [6.45, 7) is 4.50. The van der Waals surface area contributed by atoms with Crippen molar-refractivity contribution < 1.29 is 18.0 Å². The van der Waals surface area contributed by atoms with Crippen LogP contribution in [0.5, 0.6) is 0 Å². The molecule has 2 heterocycles. The van der Waals surface area contributed by atoms with E-state index in [2.05, 4.69) is 10.3 Å². The topological polar surface area (TPSA) is 71.2 Å². The third-order valence-electron chi connectivity index (χ3n) is 4.70. The molecule has 0 radical (unpaired) electrons. The van der Waals surface area contributed by atoms with Gasteiger partial charge >= 0.3 is 12.2 Å². The SMILES string of the molecule is CC1(C)CN(C(=O)Nc2cc(CN)cc(C(F)(F)F)c2)C1c1cccnc1. The van der Waals surface area contributed by atoms with Gasteiger partial charge in [-0.25, -0.2) is 4.79 Å². The van der Waals surface area contributed by atoms with Gasteiger partial charge in [0.25, 0.3) is 0 Å². The first-order chi connectivity index (χ1) is 12.6. The molecule has 1 aromatic heterocycles. The zero-order valence-corrected chi connectivity index (χ0v) is 15.0. The molecule has 1 aliphatic heterocycles. The van der Waals surface area contributed by atoms with Crippen LogP contribution in [0.1, 0.15) is 36.6 Å². The van der Waals surface area contributed by atoms with Gasteiger partial charge in [0.15, 0.2) is 0 Å². The van der Waals surface area contributed by atoms with Crippen molar-refractivity contribution in [2.45, 2.75) is 32.6 Å². The van der Waals surface area contributed by atoms with E-state index in [4.69, 9.17) is 5.73 Å². The maximum Gasteiger partial charge on any atom is 0.416 e. The highest BCUT2D eigenvalue weighted by Crippen LogP contribution is 2.48. The lowest BCUT2D eigenvalue weighted by Gasteiger charge is -2.54. The lowest BCUT2D eigenvalue weighted by molar-refractivity contribution is -0.137. The number of rotatable bonds is 3. The van der Waals surface area contributed by atoms with Crippen LogP contribution < -0.4 is 11.1 Å². The maximum absolute atomic E-state index is 13.1. The van der Waals surface area contributed by atoms with Crippen LogP contribution in [0.15, 0.2) is 42.7 Å². The second kappa shape index (κ2) is 6.84. The Kier molecular flexibility index (Phi) is 4.86. The Balaban J connectivity index is 1.83. The first-order valence-corrected chi connectivity index (χ1v) is 8.50. The second-order valence-electron chi connectivity index (χ2n) is 7.36. The van der Waals surface area contributed by atoms with Crippen LogP contribution in [0.2, 0.25) is 0 Å². The number of nitrogens with zero attached hydrogens (tertiary/aromatic N) is 2. The van der Waals surface area contributed by atoms with Crippen molar-refractivity contribution >= 4 is 11.7 Å². The minimum atomic E-state index is -4.51. The molecule has 2 aromatic rings. The molecule has 8 heteroatoms. The zero-order valence-electron chi connectivity index (χ0n) is 15.0. The molecular formula is C19H21F3N4O. The number of hydrogen-bond acceptors (Lipinski definition) is 3. The Morgan fingerprint density at radius 1 is 1.37 bits per heavy atom. The maximum atomic E-state index is 13.1. The van der Waals surface area contributed by atoms with E-state index in [1.165, 1.54) is 6.07 Å². The first kappa shape index (κ1) is 19.2. The number of pyridine rings is 1. The molecule has 5 nitrogen and oxygen atoms in total. The Morgan fingerprint density at radius 3 is 2.67 bits per heavy atom. The lowest BCUT2D eigenvalue weighted by Crippen LogP contribution is -2.59. The van der Waals surface area contributed by atoms with Crippen LogP contribution in [0.3, 0.4) is 0 Å². The second-order valence-corrected chi connectivity index (χ2v) is 7.36. The summed E-state index contributed by atoms with van der Waals surface area (Å²) in [5, 5.41) is 2.58. The molecule has 1 aromatic carbocycles. The number of halogens is 3. The Hall–Kier alpha value is -2.61. The fourth-order valence-electron chi connectivity index (χ4n) is 3.53. The van der Waals surface area contributed by atoms with E-state index in [0.717, 1.165) is 17.7 Å². The van der Waals surface area contributed by atoms with Crippen LogP contribution in [0.25, 0.3) is 0 Å². The van der Waals surface area contributed by atoms with Crippen molar-refractivity contribution in [3.63, 3.8) is 0 Å². The number of hydrogen-bond donors (Lipinski definition) is 2. The highest BCUT2D eigenvalue weighted by atomic mass is 19.4. The molecule has 2 amide bonds. The summed E-state index contributed by atoms with van der Waals surface area (Å²) < 4.78 is 39.2. The Morgan fingerprint density at radius 2 is 2.11 bits per heavy atom. The van der Waals surface area contributed by atoms with Gasteiger partial charge < -0.3 is 16.0 Å². The number of nitrogens with two attached hydrogens (primary N) is 1. The van der Waals surface area contributed by atoms with Gasteiger partial charge in [-0.1, -0.05) is 19.9 Å². The van der Waals surface area contributed by atoms with Gasteiger partial charge in [-0.2, -0.15) is 13.2 Å². The predicted molar refractivity (Wildman–Crippen MR) is 95.8 cm³/mol. The number of anilines is 1. The molecule has 3 N–H and O–H groups in total. The van der Waals surface area contributed by atoms with Crippen molar-refractivity contribution in [2.24, 2.45) is 11.1 Å². The van der Waals surface area contributed by atoms with Crippen molar-refractivity contribution in [3.8, 4) is 0 Å². The zero-order chi connectivity index (χ0) is 19.8. The minimum Gasteiger partial charge on any atom is -0.326 e. The number of benzene rings is 1. The standard InChI is InChI=1S/C19H21F3N4O/c1-18(2)11-26(16(18)13-4-3-5-24-10-13)17(27)25-15-7-12(9-23)6-14(8-15)19(20,21)22/h3-8,10,16H,9,11,23H2,1-2H3,(H,25,27). The van der Waals surface area contributed by atoms with Gasteiger partial charge in [0.2, 0.25) is 0 Å². The summed E-state index contributed by atoms with van der Waals surface area (Å²) in [5.41, 5.74) is 5.76. The van der Waals surface area contributed by atoms with Crippen molar-refractivity contribution in [2.75, 3.05) is 11.9 Å². The van der Waals surface area contributed by atoms with Crippen LogP contribution in [0.4, 0.5) is 23.7 Å². The average Bonchev–Trinajstić information content (AvgIpc) is 2.59. The van der Waals surface area contributed by atoms with Gasteiger partial charge in [-0.05, 0) is 35.4 Å². The molecule has 0 spiro atoms. The van der Waals surface area contributed by atoms with E-state index in [1.54, 1.807) is 23.4 Å². The van der Waals surface area contributed by atoms with Gasteiger partial charge in [0.1, 0.15) is 0 Å². The minimum absolute atomic E-state index is 0.0537. The fraction of sp³-hybridized carbons (Fsp3) is 0.368. The molecule has 1 unspecified atom stereocenters. The number of likely N-dealkylation sites (tertiary alicyclic amines) is 1. The fourth-order valence-corrected chi connectivity index (χ4v) is 3.53. The quantitative estimate of drug-likeness (QED) is 0.842. The molecule has 0 bridgehead atoms. The van der Waals surface area contributed by atoms with Gasteiger partial charge in [0, 0.05) is 36.6 Å². The van der Waals surface area contributed by atoms with E-state index in [0.29, 0.717) is 12.1 Å². The van der Waals surface area contributed by atoms with E-state index in [-0.39, 0.29) is 23.7 Å². The number of alkyl halides is 3. The molecule has 1 aliphatic rings. The largest absolute Gasteiger partial charge is 0.416 e. The smallest absolute Gasteiger partial charge is 0.326 e. The molecule has 1 saturated heterocycles. The third kappa shape index (κ3) is 3.90. The lowest BCUT2D eigenvalue weighted by atomic mass is 9.72. The first-order valence-electron chi connectivity index (χ1n) is 8.50. The number of urea groups is 1. The van der Waals surface area contributed by atoms with E-state index in [9.17, 15) is 18.0 Å². The summed E-state index contributed by atoms with van der Waals surface area (Å²) in [4.78, 5) is 18.4. The number of nitrogens with one attached hydrogen (secondary N) is 1. The Bertz CT molecular complexity index is 837. The summed E-state index contributed by atoms with van der Waals surface area (Å²) in [6, 6.07) is 6.38. The summed E-state index contributed by atoms with van der Waals surface area (Å²) >= 11 is 0. The summed E-state index contributed by atoms with van der Waals surface area (Å²) in [7, 11) is 0.